The minimum atomic E-state index is 0.370. The summed E-state index contributed by atoms with van der Waals surface area (Å²) in [5, 5.41) is 6.24. The standard InChI is InChI=1S/C19H24BrN/c1-18(2)17(19(18,3)4)16(21-5)14-10-11-15(20)13-9-7-6-8-12(13)14/h6-11,16-17,21H,1-5H3. The second kappa shape index (κ2) is 4.82. The predicted molar refractivity (Wildman–Crippen MR) is 94.5 cm³/mol. The summed E-state index contributed by atoms with van der Waals surface area (Å²) in [6.07, 6.45) is 0. The molecule has 0 aromatic heterocycles. The lowest BCUT2D eigenvalue weighted by molar-refractivity contribution is 0.440. The Labute approximate surface area is 136 Å². The summed E-state index contributed by atoms with van der Waals surface area (Å²) in [5.74, 6) is 0.652. The minimum absolute atomic E-state index is 0.370. The van der Waals surface area contributed by atoms with Gasteiger partial charge in [0, 0.05) is 10.5 Å². The Morgan fingerprint density at radius 3 is 2.05 bits per heavy atom. The summed E-state index contributed by atoms with van der Waals surface area (Å²) >= 11 is 3.68. The molecule has 1 N–H and O–H groups in total. The van der Waals surface area contributed by atoms with Crippen LogP contribution in [-0.2, 0) is 0 Å². The van der Waals surface area contributed by atoms with Crippen molar-refractivity contribution in [3.05, 3.63) is 46.4 Å². The summed E-state index contributed by atoms with van der Waals surface area (Å²) in [4.78, 5) is 0. The molecular weight excluding hydrogens is 322 g/mol. The number of fused-ring (bicyclic) bond motifs is 1. The fourth-order valence-corrected chi connectivity index (χ4v) is 4.62. The van der Waals surface area contributed by atoms with E-state index in [0.717, 1.165) is 0 Å². The molecule has 0 bridgehead atoms. The molecule has 2 aromatic rings. The van der Waals surface area contributed by atoms with Crippen LogP contribution in [0, 0.1) is 16.7 Å². The highest BCUT2D eigenvalue weighted by molar-refractivity contribution is 9.10. The van der Waals surface area contributed by atoms with Crippen molar-refractivity contribution in [2.24, 2.45) is 16.7 Å². The van der Waals surface area contributed by atoms with Crippen LogP contribution in [0.4, 0.5) is 0 Å². The summed E-state index contributed by atoms with van der Waals surface area (Å²) in [5.41, 5.74) is 2.16. The Morgan fingerprint density at radius 2 is 1.52 bits per heavy atom. The van der Waals surface area contributed by atoms with Gasteiger partial charge in [0.25, 0.3) is 0 Å². The van der Waals surface area contributed by atoms with Crippen LogP contribution in [0.25, 0.3) is 10.8 Å². The molecule has 0 aliphatic heterocycles. The van der Waals surface area contributed by atoms with Crippen LogP contribution in [0.2, 0.25) is 0 Å². The van der Waals surface area contributed by atoms with Crippen molar-refractivity contribution < 1.29 is 0 Å². The molecule has 0 spiro atoms. The van der Waals surface area contributed by atoms with Crippen molar-refractivity contribution in [1.29, 1.82) is 0 Å². The fraction of sp³-hybridized carbons (Fsp3) is 0.474. The molecule has 1 atom stereocenters. The van der Waals surface area contributed by atoms with Gasteiger partial charge in [-0.3, -0.25) is 0 Å². The van der Waals surface area contributed by atoms with Crippen molar-refractivity contribution >= 4 is 26.7 Å². The van der Waals surface area contributed by atoms with Crippen molar-refractivity contribution in [2.75, 3.05) is 7.05 Å². The van der Waals surface area contributed by atoms with E-state index in [1.165, 1.54) is 20.8 Å². The maximum absolute atomic E-state index is 3.68. The molecule has 21 heavy (non-hydrogen) atoms. The zero-order valence-corrected chi connectivity index (χ0v) is 15.1. The van der Waals surface area contributed by atoms with E-state index in [-0.39, 0.29) is 0 Å². The van der Waals surface area contributed by atoms with E-state index in [4.69, 9.17) is 0 Å². The molecule has 2 aromatic carbocycles. The van der Waals surface area contributed by atoms with Crippen molar-refractivity contribution in [1.82, 2.24) is 5.32 Å². The van der Waals surface area contributed by atoms with Crippen LogP contribution in [0.15, 0.2) is 40.9 Å². The molecule has 1 aliphatic rings. The van der Waals surface area contributed by atoms with Gasteiger partial charge in [0.05, 0.1) is 0 Å². The van der Waals surface area contributed by atoms with Crippen molar-refractivity contribution in [3.8, 4) is 0 Å². The Morgan fingerprint density at radius 1 is 0.952 bits per heavy atom. The van der Waals surface area contributed by atoms with Gasteiger partial charge in [-0.25, -0.2) is 0 Å². The monoisotopic (exact) mass is 345 g/mol. The molecule has 1 fully saturated rings. The van der Waals surface area contributed by atoms with Crippen LogP contribution in [-0.4, -0.2) is 7.05 Å². The number of hydrogen-bond donors (Lipinski definition) is 1. The number of nitrogens with one attached hydrogen (secondary N) is 1. The Bertz CT molecular complexity index is 673. The Balaban J connectivity index is 2.14. The highest BCUT2D eigenvalue weighted by atomic mass is 79.9. The molecule has 1 nitrogen and oxygen atoms in total. The molecule has 2 heteroatoms. The molecule has 112 valence electrons. The van der Waals surface area contributed by atoms with Gasteiger partial charge in [-0.05, 0) is 46.2 Å². The van der Waals surface area contributed by atoms with Crippen LogP contribution in [0.1, 0.15) is 39.3 Å². The largest absolute Gasteiger partial charge is 0.313 e. The maximum atomic E-state index is 3.68. The Hall–Kier alpha value is -0.860. The van der Waals surface area contributed by atoms with Crippen LogP contribution < -0.4 is 5.32 Å². The van der Waals surface area contributed by atoms with Crippen LogP contribution >= 0.6 is 15.9 Å². The molecule has 0 heterocycles. The van der Waals surface area contributed by atoms with E-state index in [9.17, 15) is 0 Å². The van der Waals surface area contributed by atoms with Gasteiger partial charge in [-0.2, -0.15) is 0 Å². The summed E-state index contributed by atoms with van der Waals surface area (Å²) in [6, 6.07) is 13.5. The van der Waals surface area contributed by atoms with Gasteiger partial charge in [-0.1, -0.05) is 74.0 Å². The average Bonchev–Trinajstić information content (AvgIpc) is 2.85. The molecule has 0 amide bonds. The average molecular weight is 346 g/mol. The third kappa shape index (κ3) is 2.07. The maximum Gasteiger partial charge on any atom is 0.0363 e. The zero-order chi connectivity index (χ0) is 15.4. The molecule has 0 radical (unpaired) electrons. The highest BCUT2D eigenvalue weighted by Gasteiger charge is 2.67. The van der Waals surface area contributed by atoms with E-state index < -0.39 is 0 Å². The van der Waals surface area contributed by atoms with Gasteiger partial charge in [0.1, 0.15) is 0 Å². The summed E-state index contributed by atoms with van der Waals surface area (Å²) in [7, 11) is 2.09. The lowest BCUT2D eigenvalue weighted by Gasteiger charge is -2.21. The fourth-order valence-electron chi connectivity index (χ4n) is 4.14. The first-order valence-electron chi connectivity index (χ1n) is 7.67. The zero-order valence-electron chi connectivity index (χ0n) is 13.5. The van der Waals surface area contributed by atoms with Crippen molar-refractivity contribution in [2.45, 2.75) is 33.7 Å². The van der Waals surface area contributed by atoms with E-state index in [2.05, 4.69) is 92.4 Å². The number of hydrogen-bond acceptors (Lipinski definition) is 1. The number of benzene rings is 2. The first-order chi connectivity index (χ1) is 9.82. The second-order valence-corrected chi connectivity index (χ2v) is 8.22. The quantitative estimate of drug-likeness (QED) is 0.769. The molecule has 1 aliphatic carbocycles. The Kier molecular flexibility index (Phi) is 3.46. The first-order valence-corrected chi connectivity index (χ1v) is 8.46. The lowest BCUT2D eigenvalue weighted by atomic mass is 9.92. The smallest absolute Gasteiger partial charge is 0.0363 e. The molecular formula is C19H24BrN. The van der Waals surface area contributed by atoms with Gasteiger partial charge in [-0.15, -0.1) is 0 Å². The van der Waals surface area contributed by atoms with Crippen molar-refractivity contribution in [3.63, 3.8) is 0 Å². The first kappa shape index (κ1) is 15.1. The van der Waals surface area contributed by atoms with E-state index >= 15 is 0 Å². The van der Waals surface area contributed by atoms with Gasteiger partial charge >= 0.3 is 0 Å². The van der Waals surface area contributed by atoms with E-state index in [1.807, 2.05) is 0 Å². The minimum Gasteiger partial charge on any atom is -0.313 e. The second-order valence-electron chi connectivity index (χ2n) is 7.37. The van der Waals surface area contributed by atoms with Crippen LogP contribution in [0.3, 0.4) is 0 Å². The van der Waals surface area contributed by atoms with Crippen LogP contribution in [0.5, 0.6) is 0 Å². The number of rotatable bonds is 3. The SMILES string of the molecule is CNC(c1ccc(Br)c2ccccc12)C1C(C)(C)C1(C)C. The molecule has 0 saturated heterocycles. The molecule has 3 rings (SSSR count). The molecule has 1 saturated carbocycles. The highest BCUT2D eigenvalue weighted by Crippen LogP contribution is 2.72. The van der Waals surface area contributed by atoms with E-state index in [1.54, 1.807) is 0 Å². The predicted octanol–water partition coefficient (Wildman–Crippen LogP) is 5.55. The van der Waals surface area contributed by atoms with E-state index in [0.29, 0.717) is 22.8 Å². The third-order valence-electron chi connectivity index (χ3n) is 6.02. The third-order valence-corrected chi connectivity index (χ3v) is 6.71. The van der Waals surface area contributed by atoms with Gasteiger partial charge in [0.15, 0.2) is 0 Å². The number of halogens is 1. The topological polar surface area (TPSA) is 12.0 Å². The lowest BCUT2D eigenvalue weighted by Crippen LogP contribution is -2.21. The normalized spacial score (nSPS) is 21.4. The molecule has 1 unspecified atom stereocenters. The van der Waals surface area contributed by atoms with Gasteiger partial charge < -0.3 is 5.32 Å². The summed E-state index contributed by atoms with van der Waals surface area (Å²) < 4.78 is 1.17. The summed E-state index contributed by atoms with van der Waals surface area (Å²) in [6.45, 7) is 9.57. The van der Waals surface area contributed by atoms with Gasteiger partial charge in [0.2, 0.25) is 0 Å².